The van der Waals surface area contributed by atoms with E-state index >= 15 is 0 Å². The van der Waals surface area contributed by atoms with Crippen LogP contribution in [-0.2, 0) is 7.05 Å². The molecule has 1 aromatic heterocycles. The van der Waals surface area contributed by atoms with Crippen LogP contribution in [0.15, 0.2) is 48.5 Å². The average Bonchev–Trinajstić information content (AvgIpc) is 3.00. The quantitative estimate of drug-likeness (QED) is 0.772. The second kappa shape index (κ2) is 7.03. The van der Waals surface area contributed by atoms with Crippen molar-refractivity contribution >= 4 is 0 Å². The number of benzene rings is 2. The van der Waals surface area contributed by atoms with Gasteiger partial charge in [0.05, 0.1) is 12.8 Å². The van der Waals surface area contributed by atoms with Gasteiger partial charge in [-0.15, -0.1) is 0 Å². The molecule has 130 valence electrons. The van der Waals surface area contributed by atoms with E-state index in [1.807, 2.05) is 37.4 Å². The molecule has 2 N–H and O–H groups in total. The lowest BCUT2D eigenvalue weighted by Crippen LogP contribution is -2.17. The van der Waals surface area contributed by atoms with Crippen LogP contribution in [0.5, 0.6) is 5.75 Å². The van der Waals surface area contributed by atoms with Gasteiger partial charge in [-0.25, -0.2) is 8.78 Å². The number of nitrogens with two attached hydrogens (primary N) is 1. The van der Waals surface area contributed by atoms with E-state index in [4.69, 9.17) is 10.5 Å². The third-order valence-corrected chi connectivity index (χ3v) is 4.24. The van der Waals surface area contributed by atoms with Gasteiger partial charge in [-0.05, 0) is 48.0 Å². The molecule has 0 aliphatic rings. The molecule has 3 aromatic rings. The highest BCUT2D eigenvalue weighted by Gasteiger charge is 2.19. The maximum atomic E-state index is 13.6. The van der Waals surface area contributed by atoms with Crippen LogP contribution in [0.25, 0.3) is 11.3 Å². The van der Waals surface area contributed by atoms with Crippen molar-refractivity contribution in [2.75, 3.05) is 13.7 Å². The summed E-state index contributed by atoms with van der Waals surface area (Å²) >= 11 is 0. The second-order valence-corrected chi connectivity index (χ2v) is 5.77. The number of nitrogens with zero attached hydrogens (tertiary/aromatic N) is 2. The molecule has 0 fully saturated rings. The number of aryl methyl sites for hydroxylation is 1. The number of methoxy groups -OCH3 is 1. The minimum Gasteiger partial charge on any atom is -0.497 e. The van der Waals surface area contributed by atoms with Crippen molar-refractivity contribution in [2.24, 2.45) is 12.8 Å². The van der Waals surface area contributed by atoms with Crippen molar-refractivity contribution < 1.29 is 13.5 Å². The first-order valence-electron chi connectivity index (χ1n) is 7.87. The number of ether oxygens (including phenoxy) is 1. The van der Waals surface area contributed by atoms with Crippen molar-refractivity contribution in [1.29, 1.82) is 0 Å². The molecule has 1 atom stereocenters. The number of aromatic nitrogens is 2. The molecular weight excluding hydrogens is 324 g/mol. The number of rotatable bonds is 5. The van der Waals surface area contributed by atoms with E-state index < -0.39 is 11.6 Å². The first-order chi connectivity index (χ1) is 12.0. The topological polar surface area (TPSA) is 53.1 Å². The molecule has 4 nitrogen and oxygen atoms in total. The molecule has 0 saturated carbocycles. The zero-order valence-corrected chi connectivity index (χ0v) is 14.0. The predicted octanol–water partition coefficient (Wildman–Crippen LogP) is 3.46. The van der Waals surface area contributed by atoms with Crippen LogP contribution >= 0.6 is 0 Å². The van der Waals surface area contributed by atoms with Crippen LogP contribution in [0.2, 0.25) is 0 Å². The molecule has 0 bridgehead atoms. The van der Waals surface area contributed by atoms with Gasteiger partial charge in [0, 0.05) is 30.8 Å². The van der Waals surface area contributed by atoms with E-state index in [9.17, 15) is 8.78 Å². The van der Waals surface area contributed by atoms with Crippen molar-refractivity contribution in [1.82, 2.24) is 9.78 Å². The number of halogens is 2. The lowest BCUT2D eigenvalue weighted by atomic mass is 9.95. The van der Waals surface area contributed by atoms with E-state index in [1.165, 1.54) is 6.07 Å². The minimum atomic E-state index is -0.881. The lowest BCUT2D eigenvalue weighted by molar-refractivity contribution is 0.415. The Kier molecular flexibility index (Phi) is 4.81. The fourth-order valence-electron chi connectivity index (χ4n) is 2.87. The highest BCUT2D eigenvalue weighted by Crippen LogP contribution is 2.29. The third-order valence-electron chi connectivity index (χ3n) is 4.24. The Morgan fingerprint density at radius 3 is 2.40 bits per heavy atom. The standard InChI is InChI=1S/C19H19F2N3O/c1-24-19(15(11-22)13-5-8-16(20)17(21)9-13)10-18(23-24)12-3-6-14(25-2)7-4-12/h3-10,15H,11,22H2,1-2H3. The van der Waals surface area contributed by atoms with Crippen LogP contribution in [0.4, 0.5) is 8.78 Å². The summed E-state index contributed by atoms with van der Waals surface area (Å²) in [6.45, 7) is 0.257. The van der Waals surface area contributed by atoms with E-state index in [-0.39, 0.29) is 12.5 Å². The maximum Gasteiger partial charge on any atom is 0.159 e. The molecule has 1 heterocycles. The van der Waals surface area contributed by atoms with Gasteiger partial charge in [0.2, 0.25) is 0 Å². The van der Waals surface area contributed by atoms with Gasteiger partial charge in [-0.1, -0.05) is 6.07 Å². The molecular formula is C19H19F2N3O. The van der Waals surface area contributed by atoms with Gasteiger partial charge in [-0.2, -0.15) is 5.10 Å². The van der Waals surface area contributed by atoms with E-state index in [1.54, 1.807) is 17.9 Å². The van der Waals surface area contributed by atoms with Crippen molar-refractivity contribution in [2.45, 2.75) is 5.92 Å². The van der Waals surface area contributed by atoms with E-state index in [0.29, 0.717) is 5.56 Å². The molecule has 0 saturated heterocycles. The third kappa shape index (κ3) is 3.39. The zero-order valence-electron chi connectivity index (χ0n) is 14.0. The molecule has 3 rings (SSSR count). The van der Waals surface area contributed by atoms with Gasteiger partial charge >= 0.3 is 0 Å². The summed E-state index contributed by atoms with van der Waals surface area (Å²) < 4.78 is 33.7. The monoisotopic (exact) mass is 343 g/mol. The maximum absolute atomic E-state index is 13.6. The Labute approximate surface area is 144 Å². The summed E-state index contributed by atoms with van der Waals surface area (Å²) in [5.41, 5.74) is 9.07. The van der Waals surface area contributed by atoms with Gasteiger partial charge < -0.3 is 10.5 Å². The SMILES string of the molecule is COc1ccc(-c2cc(C(CN)c3ccc(F)c(F)c3)n(C)n2)cc1. The lowest BCUT2D eigenvalue weighted by Gasteiger charge is -2.15. The Balaban J connectivity index is 1.98. The van der Waals surface area contributed by atoms with Gasteiger partial charge in [0.15, 0.2) is 11.6 Å². The van der Waals surface area contributed by atoms with Gasteiger partial charge in [0.25, 0.3) is 0 Å². The fraction of sp³-hybridized carbons (Fsp3) is 0.211. The normalized spacial score (nSPS) is 12.2. The molecule has 6 heteroatoms. The van der Waals surface area contributed by atoms with E-state index in [2.05, 4.69) is 5.10 Å². The van der Waals surface area contributed by atoms with E-state index in [0.717, 1.165) is 28.8 Å². The molecule has 0 aliphatic heterocycles. The van der Waals surface area contributed by atoms with Gasteiger partial charge in [0.1, 0.15) is 5.75 Å². The van der Waals surface area contributed by atoms with Crippen molar-refractivity contribution in [3.63, 3.8) is 0 Å². The zero-order chi connectivity index (χ0) is 18.0. The van der Waals surface area contributed by atoms with Gasteiger partial charge in [-0.3, -0.25) is 4.68 Å². The number of hydrogen-bond acceptors (Lipinski definition) is 3. The van der Waals surface area contributed by atoms with Crippen LogP contribution in [0.1, 0.15) is 17.2 Å². The highest BCUT2D eigenvalue weighted by atomic mass is 19.2. The van der Waals surface area contributed by atoms with Crippen LogP contribution < -0.4 is 10.5 Å². The Morgan fingerprint density at radius 1 is 1.08 bits per heavy atom. The van der Waals surface area contributed by atoms with Crippen LogP contribution in [0, 0.1) is 11.6 Å². The first kappa shape index (κ1) is 17.1. The first-order valence-corrected chi connectivity index (χ1v) is 7.87. The molecule has 0 spiro atoms. The van der Waals surface area contributed by atoms with Crippen molar-refractivity contribution in [3.8, 4) is 17.0 Å². The Morgan fingerprint density at radius 2 is 1.80 bits per heavy atom. The summed E-state index contributed by atoms with van der Waals surface area (Å²) in [5.74, 6) is -1.27. The summed E-state index contributed by atoms with van der Waals surface area (Å²) in [7, 11) is 3.42. The minimum absolute atomic E-state index is 0.257. The Hall–Kier alpha value is -2.73. The van der Waals surface area contributed by atoms with Crippen LogP contribution in [-0.4, -0.2) is 23.4 Å². The molecule has 0 amide bonds. The second-order valence-electron chi connectivity index (χ2n) is 5.77. The summed E-state index contributed by atoms with van der Waals surface area (Å²) in [4.78, 5) is 0. The molecule has 1 unspecified atom stereocenters. The largest absolute Gasteiger partial charge is 0.497 e. The summed E-state index contributed by atoms with van der Waals surface area (Å²) in [5, 5.41) is 4.52. The fourth-order valence-corrected chi connectivity index (χ4v) is 2.87. The molecule has 25 heavy (non-hydrogen) atoms. The molecule has 0 radical (unpaired) electrons. The smallest absolute Gasteiger partial charge is 0.159 e. The summed E-state index contributed by atoms with van der Waals surface area (Å²) in [6.07, 6.45) is 0. The van der Waals surface area contributed by atoms with Crippen molar-refractivity contribution in [3.05, 3.63) is 71.4 Å². The average molecular weight is 343 g/mol. The number of hydrogen-bond donors (Lipinski definition) is 1. The Bertz CT molecular complexity index is 875. The molecule has 2 aromatic carbocycles. The highest BCUT2D eigenvalue weighted by molar-refractivity contribution is 5.61. The molecule has 0 aliphatic carbocycles. The summed E-state index contributed by atoms with van der Waals surface area (Å²) in [6, 6.07) is 13.3. The predicted molar refractivity (Wildman–Crippen MR) is 92.5 cm³/mol. The van der Waals surface area contributed by atoms with Crippen LogP contribution in [0.3, 0.4) is 0 Å².